The molecule has 2 aliphatic heterocycles. The molecule has 1 aromatic rings. The first-order chi connectivity index (χ1) is 15.3. The molecule has 4 fully saturated rings. The minimum atomic E-state index is -0.173. The number of likely N-dealkylation sites (tertiary alicyclic amines) is 1. The third-order valence-corrected chi connectivity index (χ3v) is 8.47. The summed E-state index contributed by atoms with van der Waals surface area (Å²) in [5, 5.41) is 3.06. The van der Waals surface area contributed by atoms with Crippen LogP contribution in [0.15, 0.2) is 5.38 Å². The molecule has 2 saturated carbocycles. The second-order valence-electron chi connectivity index (χ2n) is 9.89. The zero-order valence-corrected chi connectivity index (χ0v) is 19.5. The van der Waals surface area contributed by atoms with Crippen molar-refractivity contribution in [2.45, 2.75) is 101 Å². The molecule has 1 amide bonds. The Hall–Kier alpha value is -1.18. The highest BCUT2D eigenvalue weighted by Crippen LogP contribution is 2.36. The first-order valence-corrected chi connectivity index (χ1v) is 13.4. The minimum Gasteiger partial charge on any atom is -0.390 e. The lowest BCUT2D eigenvalue weighted by atomic mass is 9.94. The molecule has 1 aromatic heterocycles. The summed E-state index contributed by atoms with van der Waals surface area (Å²) in [5.41, 5.74) is 0. The predicted octanol–water partition coefficient (Wildman–Crippen LogP) is 5.19. The quantitative estimate of drug-likeness (QED) is 0.601. The molecule has 3 heterocycles. The molecule has 1 unspecified atom stereocenters. The van der Waals surface area contributed by atoms with Crippen molar-refractivity contribution < 1.29 is 14.3 Å². The van der Waals surface area contributed by atoms with Crippen molar-refractivity contribution in [2.75, 3.05) is 26.2 Å². The number of carbonyl (C=O) groups excluding carboxylic acids is 1. The summed E-state index contributed by atoms with van der Waals surface area (Å²) in [7, 11) is 0. The maximum atomic E-state index is 13.0. The summed E-state index contributed by atoms with van der Waals surface area (Å²) < 4.78 is 11.7. The van der Waals surface area contributed by atoms with Crippen molar-refractivity contribution >= 4 is 17.4 Å². The zero-order chi connectivity index (χ0) is 21.0. The third-order valence-electron chi connectivity index (χ3n) is 7.48. The number of aromatic nitrogens is 1. The molecular formula is C24H37N3O3S. The smallest absolute Gasteiger partial charge is 0.390 e. The van der Waals surface area contributed by atoms with Gasteiger partial charge in [-0.3, -0.25) is 0 Å². The van der Waals surface area contributed by atoms with Gasteiger partial charge in [0, 0.05) is 31.2 Å². The van der Waals surface area contributed by atoms with Crippen LogP contribution in [-0.2, 0) is 4.74 Å². The number of thiazole rings is 1. The Labute approximate surface area is 190 Å². The average Bonchev–Trinajstić information content (AvgIpc) is 3.53. The topological polar surface area (TPSA) is 54.9 Å². The highest BCUT2D eigenvalue weighted by Gasteiger charge is 2.39. The predicted molar refractivity (Wildman–Crippen MR) is 122 cm³/mol. The second kappa shape index (κ2) is 10.2. The van der Waals surface area contributed by atoms with Crippen LogP contribution in [0.5, 0.6) is 5.88 Å². The van der Waals surface area contributed by atoms with Gasteiger partial charge in [-0.05, 0) is 70.9 Å². The van der Waals surface area contributed by atoms with Gasteiger partial charge >= 0.3 is 6.09 Å². The van der Waals surface area contributed by atoms with Crippen LogP contribution in [0.3, 0.4) is 0 Å². The molecule has 6 nitrogen and oxygen atoms in total. The SMILES string of the molecule is O=C(Oc1csc(C2CCN(CC3CCCCO3)CC2)n1)N(C1CCCCC1)C1CC1. The van der Waals surface area contributed by atoms with Crippen LogP contribution in [-0.4, -0.2) is 65.3 Å². The van der Waals surface area contributed by atoms with E-state index in [1.807, 2.05) is 10.3 Å². The Kier molecular flexibility index (Phi) is 7.11. The fourth-order valence-corrected chi connectivity index (χ4v) is 6.45. The monoisotopic (exact) mass is 447 g/mol. The summed E-state index contributed by atoms with van der Waals surface area (Å²) in [5.74, 6) is 0.989. The largest absolute Gasteiger partial charge is 0.417 e. The van der Waals surface area contributed by atoms with E-state index in [0.29, 0.717) is 30.0 Å². The highest BCUT2D eigenvalue weighted by atomic mass is 32.1. The van der Waals surface area contributed by atoms with E-state index in [2.05, 4.69) is 4.90 Å². The Morgan fingerprint density at radius 1 is 1.03 bits per heavy atom. The minimum absolute atomic E-state index is 0.173. The standard InChI is InChI=1S/C24H37N3O3S/c28-24(27(20-9-10-20)19-6-2-1-3-7-19)30-22-17-31-23(25-22)18-11-13-26(14-12-18)16-21-8-4-5-15-29-21/h17-21H,1-16H2. The van der Waals surface area contributed by atoms with Gasteiger partial charge in [0.2, 0.25) is 5.88 Å². The Bertz CT molecular complexity index is 717. The molecule has 5 rings (SSSR count). The molecule has 31 heavy (non-hydrogen) atoms. The van der Waals surface area contributed by atoms with E-state index in [0.717, 1.165) is 69.8 Å². The van der Waals surface area contributed by atoms with Gasteiger partial charge < -0.3 is 19.3 Å². The van der Waals surface area contributed by atoms with E-state index >= 15 is 0 Å². The number of ether oxygens (including phenoxy) is 2. The molecule has 4 aliphatic rings. The molecule has 2 saturated heterocycles. The average molecular weight is 448 g/mol. The van der Waals surface area contributed by atoms with Crippen LogP contribution >= 0.6 is 11.3 Å². The van der Waals surface area contributed by atoms with Crippen molar-refractivity contribution in [2.24, 2.45) is 0 Å². The fraction of sp³-hybridized carbons (Fsp3) is 0.833. The van der Waals surface area contributed by atoms with E-state index in [9.17, 15) is 4.79 Å². The summed E-state index contributed by atoms with van der Waals surface area (Å²) >= 11 is 1.66. The second-order valence-corrected chi connectivity index (χ2v) is 10.8. The molecule has 0 bridgehead atoms. The molecule has 172 valence electrons. The fourth-order valence-electron chi connectivity index (χ4n) is 5.56. The van der Waals surface area contributed by atoms with Crippen molar-refractivity contribution in [1.29, 1.82) is 0 Å². The number of rotatable bonds is 6. The lowest BCUT2D eigenvalue weighted by Crippen LogP contribution is -2.44. The van der Waals surface area contributed by atoms with Gasteiger partial charge in [-0.15, -0.1) is 11.3 Å². The summed E-state index contributed by atoms with van der Waals surface area (Å²) in [6.45, 7) is 4.22. The van der Waals surface area contributed by atoms with Crippen LogP contribution in [0.2, 0.25) is 0 Å². The van der Waals surface area contributed by atoms with Crippen LogP contribution in [0.1, 0.15) is 88.0 Å². The summed E-state index contributed by atoms with van der Waals surface area (Å²) in [6, 6.07) is 0.760. The molecule has 0 N–H and O–H groups in total. The molecule has 7 heteroatoms. The van der Waals surface area contributed by atoms with Gasteiger partial charge in [0.25, 0.3) is 0 Å². The Morgan fingerprint density at radius 3 is 2.48 bits per heavy atom. The van der Waals surface area contributed by atoms with Crippen molar-refractivity contribution in [3.05, 3.63) is 10.4 Å². The lowest BCUT2D eigenvalue weighted by Gasteiger charge is -2.34. The van der Waals surface area contributed by atoms with Gasteiger partial charge in [0.05, 0.1) is 16.5 Å². The van der Waals surface area contributed by atoms with Crippen LogP contribution < -0.4 is 4.74 Å². The molecule has 0 spiro atoms. The molecule has 0 radical (unpaired) electrons. The van der Waals surface area contributed by atoms with E-state index < -0.39 is 0 Å². The number of nitrogens with zero attached hydrogens (tertiary/aromatic N) is 3. The number of hydrogen-bond acceptors (Lipinski definition) is 6. The number of piperidine rings is 1. The van der Waals surface area contributed by atoms with E-state index in [4.69, 9.17) is 14.5 Å². The van der Waals surface area contributed by atoms with E-state index in [1.165, 1.54) is 38.5 Å². The first kappa shape index (κ1) is 21.7. The molecular weight excluding hydrogens is 410 g/mol. The van der Waals surface area contributed by atoms with Gasteiger partial charge in [-0.1, -0.05) is 19.3 Å². The molecule has 2 aliphatic carbocycles. The van der Waals surface area contributed by atoms with Crippen LogP contribution in [0.4, 0.5) is 4.79 Å². The zero-order valence-electron chi connectivity index (χ0n) is 18.7. The van der Waals surface area contributed by atoms with Gasteiger partial charge in [0.1, 0.15) is 0 Å². The number of amides is 1. The molecule has 0 aromatic carbocycles. The normalized spacial score (nSPS) is 26.6. The van der Waals surface area contributed by atoms with Crippen molar-refractivity contribution in [3.8, 4) is 5.88 Å². The highest BCUT2D eigenvalue weighted by molar-refractivity contribution is 7.09. The van der Waals surface area contributed by atoms with Gasteiger partial charge in [-0.2, -0.15) is 0 Å². The van der Waals surface area contributed by atoms with E-state index in [-0.39, 0.29) is 6.09 Å². The third kappa shape index (κ3) is 5.60. The van der Waals surface area contributed by atoms with Crippen LogP contribution in [0.25, 0.3) is 0 Å². The Morgan fingerprint density at radius 2 is 1.77 bits per heavy atom. The molecule has 1 atom stereocenters. The van der Waals surface area contributed by atoms with Gasteiger partial charge in [0.15, 0.2) is 0 Å². The lowest BCUT2D eigenvalue weighted by molar-refractivity contribution is -0.00950. The summed E-state index contributed by atoms with van der Waals surface area (Å²) in [4.78, 5) is 22.3. The Balaban J connectivity index is 1.12. The maximum absolute atomic E-state index is 13.0. The van der Waals surface area contributed by atoms with Gasteiger partial charge in [-0.25, -0.2) is 9.78 Å². The number of carbonyl (C=O) groups is 1. The maximum Gasteiger partial charge on any atom is 0.417 e. The van der Waals surface area contributed by atoms with Crippen molar-refractivity contribution in [3.63, 3.8) is 0 Å². The van der Waals surface area contributed by atoms with Crippen LogP contribution in [0, 0.1) is 0 Å². The van der Waals surface area contributed by atoms with Crippen molar-refractivity contribution in [1.82, 2.24) is 14.8 Å². The van der Waals surface area contributed by atoms with E-state index in [1.54, 1.807) is 11.3 Å². The first-order valence-electron chi connectivity index (χ1n) is 12.6. The number of hydrogen-bond donors (Lipinski definition) is 0. The summed E-state index contributed by atoms with van der Waals surface area (Å²) in [6.07, 6.45) is 14.5.